The zero-order valence-electron chi connectivity index (χ0n) is 6.66. The van der Waals surface area contributed by atoms with Crippen molar-refractivity contribution in [3.8, 4) is 0 Å². The van der Waals surface area contributed by atoms with E-state index in [0.717, 1.165) is 16.2 Å². The second-order valence-corrected chi connectivity index (χ2v) is 5.36. The van der Waals surface area contributed by atoms with Gasteiger partial charge in [-0.3, -0.25) is 0 Å². The number of nitrogens with zero attached hydrogens (tertiary/aromatic N) is 2. The van der Waals surface area contributed by atoms with Gasteiger partial charge in [0.05, 0.1) is 11.9 Å². The first-order valence-corrected chi connectivity index (χ1v) is 8.26. The normalized spacial score (nSPS) is 11.8. The van der Waals surface area contributed by atoms with Gasteiger partial charge in [0, 0.05) is 11.0 Å². The Bertz CT molecular complexity index is 457. The average molecular weight is 318 g/mol. The smallest absolute Gasteiger partial charge is 0.145 e. The fourth-order valence-electron chi connectivity index (χ4n) is 1.22. The number of aromatic nitrogens is 2. The van der Waals surface area contributed by atoms with E-state index in [1.807, 2.05) is 22.7 Å². The molecular formula is C7H6BIN2P2. The Hall–Kier alpha value is 0.345. The minimum atomic E-state index is 0.590. The van der Waals surface area contributed by atoms with Crippen LogP contribution in [0.1, 0.15) is 0 Å². The number of benzene rings is 1. The van der Waals surface area contributed by atoms with E-state index in [4.69, 9.17) is 7.85 Å². The van der Waals surface area contributed by atoms with Gasteiger partial charge in [0.2, 0.25) is 0 Å². The highest BCUT2D eigenvalue weighted by Gasteiger charge is 2.04. The molecule has 1 aromatic carbocycles. The van der Waals surface area contributed by atoms with Crippen LogP contribution in [-0.4, -0.2) is 17.4 Å². The largest absolute Gasteiger partial charge is 0.238 e. The van der Waals surface area contributed by atoms with Crippen LogP contribution in [-0.2, 0) is 0 Å². The molecule has 0 amide bonds. The molecule has 2 unspecified atom stereocenters. The van der Waals surface area contributed by atoms with Gasteiger partial charge >= 0.3 is 0 Å². The standard InChI is InChI=1S/C7H6BIN2P2/c8-7-5-3-4(12)1-2-6(5)11(10-7)13-9/h1-3,13H,12H2. The number of halogens is 1. The number of rotatable bonds is 1. The Morgan fingerprint density at radius 3 is 3.00 bits per heavy atom. The summed E-state index contributed by atoms with van der Waals surface area (Å²) in [5.41, 5.74) is 1.72. The molecule has 2 aromatic rings. The van der Waals surface area contributed by atoms with Gasteiger partial charge in [-0.15, -0.1) is 9.24 Å². The molecule has 1 aromatic heterocycles. The molecule has 0 spiro atoms. The molecule has 64 valence electrons. The third-order valence-electron chi connectivity index (χ3n) is 1.81. The van der Waals surface area contributed by atoms with Crippen LogP contribution in [0.15, 0.2) is 18.2 Å². The molecule has 0 bridgehead atoms. The van der Waals surface area contributed by atoms with E-state index >= 15 is 0 Å². The first kappa shape index (κ1) is 9.88. The maximum Gasteiger partial charge on any atom is 0.145 e. The Labute approximate surface area is 94.8 Å². The second kappa shape index (κ2) is 3.84. The number of hydrogen-bond donors (Lipinski definition) is 0. The van der Waals surface area contributed by atoms with Crippen LogP contribution in [0.4, 0.5) is 0 Å². The molecule has 0 aliphatic heterocycles. The van der Waals surface area contributed by atoms with Crippen LogP contribution in [0.5, 0.6) is 0 Å². The van der Waals surface area contributed by atoms with Gasteiger partial charge in [0.1, 0.15) is 7.85 Å². The summed E-state index contributed by atoms with van der Waals surface area (Å²) in [5, 5.41) is 6.41. The topological polar surface area (TPSA) is 17.8 Å². The first-order chi connectivity index (χ1) is 6.22. The molecule has 2 rings (SSSR count). The van der Waals surface area contributed by atoms with Gasteiger partial charge in [-0.2, -0.15) is 5.10 Å². The summed E-state index contributed by atoms with van der Waals surface area (Å²) in [6, 6.07) is 6.13. The Kier molecular flexibility index (Phi) is 2.92. The lowest BCUT2D eigenvalue weighted by Crippen LogP contribution is -2.05. The first-order valence-electron chi connectivity index (χ1n) is 3.63. The van der Waals surface area contributed by atoms with Gasteiger partial charge in [-0.05, 0) is 39.5 Å². The van der Waals surface area contributed by atoms with Crippen molar-refractivity contribution in [2.45, 2.75) is 0 Å². The second-order valence-electron chi connectivity index (χ2n) is 2.66. The summed E-state index contributed by atoms with van der Waals surface area (Å²) in [6.07, 6.45) is 0.590. The van der Waals surface area contributed by atoms with Gasteiger partial charge in [0.25, 0.3) is 0 Å². The molecule has 0 saturated carbocycles. The highest BCUT2D eigenvalue weighted by molar-refractivity contribution is 14.2. The van der Waals surface area contributed by atoms with Crippen molar-refractivity contribution < 1.29 is 0 Å². The SMILES string of the molecule is [B]c1nn(PI)c2ccc(P)cc12. The fraction of sp³-hybridized carbons (Fsp3) is 0. The van der Waals surface area contributed by atoms with Gasteiger partial charge in [-0.25, -0.2) is 4.45 Å². The van der Waals surface area contributed by atoms with Crippen molar-refractivity contribution in [2.24, 2.45) is 0 Å². The van der Waals surface area contributed by atoms with Crippen molar-refractivity contribution in [1.29, 1.82) is 0 Å². The fourth-order valence-corrected chi connectivity index (χ4v) is 3.02. The van der Waals surface area contributed by atoms with E-state index in [9.17, 15) is 0 Å². The van der Waals surface area contributed by atoms with E-state index in [0.29, 0.717) is 12.0 Å². The minimum Gasteiger partial charge on any atom is -0.238 e. The number of fused-ring (bicyclic) bond motifs is 1. The maximum atomic E-state index is 5.78. The van der Waals surface area contributed by atoms with Crippen LogP contribution < -0.4 is 10.9 Å². The molecule has 1 heterocycles. The summed E-state index contributed by atoms with van der Waals surface area (Å²) in [7, 11) is 8.44. The molecule has 0 aliphatic rings. The summed E-state index contributed by atoms with van der Waals surface area (Å²) >= 11 is 2.29. The van der Waals surface area contributed by atoms with Gasteiger partial charge in [-0.1, -0.05) is 6.07 Å². The zero-order valence-corrected chi connectivity index (χ0v) is 11.0. The summed E-state index contributed by atoms with van der Waals surface area (Å²) in [6.45, 7) is 0. The lowest BCUT2D eigenvalue weighted by Gasteiger charge is -1.96. The quantitative estimate of drug-likeness (QED) is 0.438. The predicted octanol–water partition coefficient (Wildman–Crippen LogP) is 1.12. The maximum absolute atomic E-state index is 5.78. The lowest BCUT2D eigenvalue weighted by molar-refractivity contribution is 1.06. The molecule has 2 nitrogen and oxygen atoms in total. The Balaban J connectivity index is 2.80. The molecule has 6 heteroatoms. The van der Waals surface area contributed by atoms with E-state index in [1.54, 1.807) is 0 Å². The predicted molar refractivity (Wildman–Crippen MR) is 72.2 cm³/mol. The monoisotopic (exact) mass is 318 g/mol. The average Bonchev–Trinajstić information content (AvgIpc) is 2.43. The van der Waals surface area contributed by atoms with E-state index in [2.05, 4.69) is 36.4 Å². The Morgan fingerprint density at radius 2 is 2.31 bits per heavy atom. The molecule has 2 atom stereocenters. The third-order valence-corrected chi connectivity index (χ3v) is 4.04. The van der Waals surface area contributed by atoms with Crippen molar-refractivity contribution in [2.75, 3.05) is 0 Å². The summed E-state index contributed by atoms with van der Waals surface area (Å²) in [5.74, 6) is 0. The number of hydrogen-bond acceptors (Lipinski definition) is 1. The van der Waals surface area contributed by atoms with Crippen molar-refractivity contribution in [3.05, 3.63) is 18.2 Å². The molecule has 0 fully saturated rings. The van der Waals surface area contributed by atoms with Crippen LogP contribution in [0, 0.1) is 0 Å². The van der Waals surface area contributed by atoms with Gasteiger partial charge < -0.3 is 0 Å². The van der Waals surface area contributed by atoms with Crippen molar-refractivity contribution in [3.63, 3.8) is 0 Å². The lowest BCUT2D eigenvalue weighted by atomic mass is 10.0. The zero-order chi connectivity index (χ0) is 9.42. The molecule has 0 saturated heterocycles. The Morgan fingerprint density at radius 1 is 1.54 bits per heavy atom. The van der Waals surface area contributed by atoms with Crippen LogP contribution in [0.25, 0.3) is 10.9 Å². The van der Waals surface area contributed by atoms with E-state index in [1.165, 1.54) is 0 Å². The molecule has 13 heavy (non-hydrogen) atoms. The minimum absolute atomic E-state index is 0.590. The van der Waals surface area contributed by atoms with Crippen molar-refractivity contribution in [1.82, 2.24) is 9.55 Å². The van der Waals surface area contributed by atoms with E-state index in [-0.39, 0.29) is 0 Å². The van der Waals surface area contributed by atoms with Crippen LogP contribution in [0.3, 0.4) is 0 Å². The molecule has 2 radical (unpaired) electrons. The van der Waals surface area contributed by atoms with Crippen LogP contribution in [0.2, 0.25) is 0 Å². The van der Waals surface area contributed by atoms with E-state index < -0.39 is 0 Å². The molecule has 0 aliphatic carbocycles. The van der Waals surface area contributed by atoms with Gasteiger partial charge in [0.15, 0.2) is 0 Å². The third kappa shape index (κ3) is 1.77. The molecular weight excluding hydrogens is 312 g/mol. The van der Waals surface area contributed by atoms with Crippen LogP contribution >= 0.6 is 37.7 Å². The molecule has 0 N–H and O–H groups in total. The summed E-state index contributed by atoms with van der Waals surface area (Å²) < 4.78 is 1.93. The summed E-state index contributed by atoms with van der Waals surface area (Å²) in [4.78, 5) is 0. The highest BCUT2D eigenvalue weighted by atomic mass is 127. The highest BCUT2D eigenvalue weighted by Crippen LogP contribution is 2.26. The van der Waals surface area contributed by atoms with Crippen molar-refractivity contribution >= 4 is 67.3 Å².